The summed E-state index contributed by atoms with van der Waals surface area (Å²) in [5.41, 5.74) is 0.989. The second-order valence-corrected chi connectivity index (χ2v) is 8.58. The second kappa shape index (κ2) is 11.5. The number of halogens is 1. The number of ether oxygens (including phenoxy) is 1. The fourth-order valence-electron chi connectivity index (χ4n) is 4.57. The zero-order chi connectivity index (χ0) is 21.3. The summed E-state index contributed by atoms with van der Waals surface area (Å²) in [6.07, 6.45) is 7.54. The Balaban J connectivity index is 1.36. The third kappa shape index (κ3) is 6.57. The molecule has 2 N–H and O–H groups in total. The highest BCUT2D eigenvalue weighted by Gasteiger charge is 2.21. The number of nitrogens with zero attached hydrogens (tertiary/aromatic N) is 3. The van der Waals surface area contributed by atoms with Gasteiger partial charge in [-0.3, -0.25) is 9.89 Å². The fourth-order valence-corrected chi connectivity index (χ4v) is 4.57. The van der Waals surface area contributed by atoms with Crippen LogP contribution in [0.3, 0.4) is 0 Å². The van der Waals surface area contributed by atoms with Gasteiger partial charge in [-0.1, -0.05) is 18.9 Å². The molecule has 0 atom stereocenters. The minimum atomic E-state index is -0.292. The summed E-state index contributed by atoms with van der Waals surface area (Å²) >= 11 is 0. The van der Waals surface area contributed by atoms with Gasteiger partial charge in [-0.05, 0) is 50.4 Å². The van der Waals surface area contributed by atoms with Crippen LogP contribution in [0.1, 0.15) is 44.1 Å². The molecule has 0 unspecified atom stereocenters. The normalized spacial score (nSPS) is 19.4. The molecule has 30 heavy (non-hydrogen) atoms. The van der Waals surface area contributed by atoms with Crippen LogP contribution in [0.2, 0.25) is 0 Å². The molecule has 6 nitrogen and oxygen atoms in total. The molecule has 1 saturated heterocycles. The van der Waals surface area contributed by atoms with Crippen LogP contribution < -0.4 is 15.4 Å². The SMILES string of the molecule is CN=C(NCCN(C)C1CCCC1)NC1CCN(Cc2ccc(OC)c(F)c2)CC1. The third-order valence-corrected chi connectivity index (χ3v) is 6.48. The van der Waals surface area contributed by atoms with Crippen LogP contribution in [0.15, 0.2) is 23.2 Å². The molecule has 1 saturated carbocycles. The van der Waals surface area contributed by atoms with Crippen molar-refractivity contribution in [1.82, 2.24) is 20.4 Å². The van der Waals surface area contributed by atoms with Gasteiger partial charge in [0.05, 0.1) is 7.11 Å². The predicted molar refractivity (Wildman–Crippen MR) is 121 cm³/mol. The largest absolute Gasteiger partial charge is 0.494 e. The van der Waals surface area contributed by atoms with Gasteiger partial charge in [-0.2, -0.15) is 0 Å². The quantitative estimate of drug-likeness (QED) is 0.501. The van der Waals surface area contributed by atoms with E-state index < -0.39 is 0 Å². The van der Waals surface area contributed by atoms with Crippen LogP contribution in [0.4, 0.5) is 4.39 Å². The zero-order valence-electron chi connectivity index (χ0n) is 18.8. The summed E-state index contributed by atoms with van der Waals surface area (Å²) in [6, 6.07) is 6.41. The molecule has 0 aromatic heterocycles. The molecule has 0 amide bonds. The molecule has 1 aromatic rings. The summed E-state index contributed by atoms with van der Waals surface area (Å²) in [7, 11) is 5.56. The molecule has 168 valence electrons. The van der Waals surface area contributed by atoms with Crippen molar-refractivity contribution in [2.75, 3.05) is 47.4 Å². The Hall–Kier alpha value is -1.86. The topological polar surface area (TPSA) is 52.1 Å². The molecule has 0 bridgehead atoms. The number of benzene rings is 1. The average molecular weight is 420 g/mol. The second-order valence-electron chi connectivity index (χ2n) is 8.58. The highest BCUT2D eigenvalue weighted by molar-refractivity contribution is 5.79. The molecule has 2 aliphatic rings. The summed E-state index contributed by atoms with van der Waals surface area (Å²) in [4.78, 5) is 9.26. The van der Waals surface area contributed by atoms with Gasteiger partial charge in [0.2, 0.25) is 0 Å². The Labute approximate surface area is 180 Å². The number of guanidine groups is 1. The lowest BCUT2D eigenvalue weighted by Gasteiger charge is -2.33. The van der Waals surface area contributed by atoms with Crippen molar-refractivity contribution in [2.45, 2.75) is 57.2 Å². The molecule has 3 rings (SSSR count). The Kier molecular flexibility index (Phi) is 8.75. The number of aliphatic imine (C=N–C) groups is 1. The Bertz CT molecular complexity index is 684. The van der Waals surface area contributed by atoms with Gasteiger partial charge >= 0.3 is 0 Å². The first kappa shape index (κ1) is 22.8. The van der Waals surface area contributed by atoms with Crippen molar-refractivity contribution in [3.63, 3.8) is 0 Å². The Morgan fingerprint density at radius 1 is 1.23 bits per heavy atom. The molecule has 2 fully saturated rings. The van der Waals surface area contributed by atoms with Gasteiger partial charge in [0.1, 0.15) is 0 Å². The highest BCUT2D eigenvalue weighted by atomic mass is 19.1. The standard InChI is InChI=1S/C23H38FN5O/c1-25-23(26-12-15-28(2)20-6-4-5-7-20)27-19-10-13-29(14-11-19)17-18-8-9-22(30-3)21(24)16-18/h8-9,16,19-20H,4-7,10-15,17H2,1-3H3,(H2,25,26,27). The molecule has 0 radical (unpaired) electrons. The van der Waals surface area contributed by atoms with Crippen LogP contribution in [0.5, 0.6) is 5.75 Å². The lowest BCUT2D eigenvalue weighted by atomic mass is 10.0. The first-order valence-electron chi connectivity index (χ1n) is 11.3. The number of nitrogens with one attached hydrogen (secondary N) is 2. The molecule has 1 heterocycles. The average Bonchev–Trinajstić information content (AvgIpc) is 3.29. The van der Waals surface area contributed by atoms with Gasteiger partial charge in [-0.25, -0.2) is 4.39 Å². The summed E-state index contributed by atoms with van der Waals surface area (Å²) in [6.45, 7) is 4.71. The maximum atomic E-state index is 13.9. The third-order valence-electron chi connectivity index (χ3n) is 6.48. The monoisotopic (exact) mass is 419 g/mol. The Morgan fingerprint density at radius 3 is 2.60 bits per heavy atom. The minimum Gasteiger partial charge on any atom is -0.494 e. The summed E-state index contributed by atoms with van der Waals surface area (Å²) in [5.74, 6) is 0.903. The maximum Gasteiger partial charge on any atom is 0.191 e. The van der Waals surface area contributed by atoms with Crippen molar-refractivity contribution in [2.24, 2.45) is 4.99 Å². The minimum absolute atomic E-state index is 0.292. The van der Waals surface area contributed by atoms with E-state index in [9.17, 15) is 4.39 Å². The predicted octanol–water partition coefficient (Wildman–Crippen LogP) is 2.84. The van der Waals surface area contributed by atoms with Crippen LogP contribution in [0, 0.1) is 5.82 Å². The number of piperidine rings is 1. The summed E-state index contributed by atoms with van der Waals surface area (Å²) < 4.78 is 18.9. The van der Waals surface area contributed by atoms with Crippen molar-refractivity contribution in [3.05, 3.63) is 29.6 Å². The first-order chi connectivity index (χ1) is 14.6. The molecular formula is C23H38FN5O. The molecule has 0 spiro atoms. The van der Waals surface area contributed by atoms with Crippen LogP contribution in [-0.2, 0) is 6.54 Å². The smallest absolute Gasteiger partial charge is 0.191 e. The fraction of sp³-hybridized carbons (Fsp3) is 0.696. The lowest BCUT2D eigenvalue weighted by molar-refractivity contribution is 0.198. The van der Waals surface area contributed by atoms with Crippen molar-refractivity contribution < 1.29 is 9.13 Å². The van der Waals surface area contributed by atoms with Gasteiger partial charge < -0.3 is 20.3 Å². The van der Waals surface area contributed by atoms with Crippen molar-refractivity contribution >= 4 is 5.96 Å². The first-order valence-corrected chi connectivity index (χ1v) is 11.3. The molecule has 7 heteroatoms. The number of rotatable bonds is 8. The maximum absolute atomic E-state index is 13.9. The van der Waals surface area contributed by atoms with Gasteiger partial charge in [0.15, 0.2) is 17.5 Å². The van der Waals surface area contributed by atoms with E-state index in [0.717, 1.165) is 63.1 Å². The molecule has 1 aliphatic carbocycles. The van der Waals surface area contributed by atoms with Gasteiger partial charge in [-0.15, -0.1) is 0 Å². The number of likely N-dealkylation sites (tertiary alicyclic amines) is 1. The van der Waals surface area contributed by atoms with Crippen molar-refractivity contribution in [1.29, 1.82) is 0 Å². The number of hydrogen-bond donors (Lipinski definition) is 2. The number of methoxy groups -OCH3 is 1. The van der Waals surface area contributed by atoms with Crippen molar-refractivity contribution in [3.8, 4) is 5.75 Å². The highest BCUT2D eigenvalue weighted by Crippen LogP contribution is 2.22. The van der Waals surface area contributed by atoms with Crippen LogP contribution >= 0.6 is 0 Å². The van der Waals surface area contributed by atoms with Crippen LogP contribution in [-0.4, -0.2) is 75.2 Å². The number of hydrogen-bond acceptors (Lipinski definition) is 4. The van der Waals surface area contributed by atoms with E-state index in [2.05, 4.69) is 32.5 Å². The van der Waals surface area contributed by atoms with Gasteiger partial charge in [0, 0.05) is 51.9 Å². The summed E-state index contributed by atoms with van der Waals surface area (Å²) in [5, 5.41) is 7.04. The molecular weight excluding hydrogens is 381 g/mol. The molecule has 1 aliphatic heterocycles. The van der Waals surface area contributed by atoms with E-state index in [0.29, 0.717) is 11.8 Å². The zero-order valence-corrected chi connectivity index (χ0v) is 18.8. The van der Waals surface area contributed by atoms with E-state index in [-0.39, 0.29) is 5.82 Å². The van der Waals surface area contributed by atoms with E-state index in [1.165, 1.54) is 32.8 Å². The molecule has 1 aromatic carbocycles. The van der Waals surface area contributed by atoms with E-state index in [1.54, 1.807) is 12.1 Å². The van der Waals surface area contributed by atoms with E-state index in [1.807, 2.05) is 13.1 Å². The van der Waals surface area contributed by atoms with E-state index >= 15 is 0 Å². The lowest BCUT2D eigenvalue weighted by Crippen LogP contribution is -2.49. The van der Waals surface area contributed by atoms with Gasteiger partial charge in [0.25, 0.3) is 0 Å². The number of likely N-dealkylation sites (N-methyl/N-ethyl adjacent to an activating group) is 1. The van der Waals surface area contributed by atoms with E-state index in [4.69, 9.17) is 4.74 Å². The Morgan fingerprint density at radius 2 is 1.97 bits per heavy atom. The van der Waals surface area contributed by atoms with Crippen LogP contribution in [0.25, 0.3) is 0 Å².